The minimum absolute atomic E-state index is 0. The summed E-state index contributed by atoms with van der Waals surface area (Å²) in [7, 11) is 2.26. The molecule has 1 rings (SSSR count). The van der Waals surface area contributed by atoms with E-state index in [2.05, 4.69) is 45.7 Å². The molecule has 0 radical (unpaired) electrons. The molecule has 0 fully saturated rings. The third-order valence-electron chi connectivity index (χ3n) is 3.92. The SMILES string of the molecule is CCS(=O)(=O)N(C)CCCNC(=NC)N(C)Cc1ccc(SC)cc1.I. The van der Waals surface area contributed by atoms with E-state index in [0.717, 1.165) is 18.9 Å². The number of nitrogens with one attached hydrogen (secondary N) is 1. The van der Waals surface area contributed by atoms with Crippen molar-refractivity contribution in [3.8, 4) is 0 Å². The lowest BCUT2D eigenvalue weighted by Crippen LogP contribution is -2.40. The van der Waals surface area contributed by atoms with Gasteiger partial charge in [0.05, 0.1) is 5.75 Å². The summed E-state index contributed by atoms with van der Waals surface area (Å²) in [5.74, 6) is 0.936. The molecule has 1 aromatic carbocycles. The van der Waals surface area contributed by atoms with Crippen LogP contribution in [0.2, 0.25) is 0 Å². The van der Waals surface area contributed by atoms with Crippen LogP contribution in [0.1, 0.15) is 18.9 Å². The summed E-state index contributed by atoms with van der Waals surface area (Å²) in [5, 5.41) is 3.29. The first-order valence-electron chi connectivity index (χ1n) is 8.32. The Morgan fingerprint density at radius 2 is 1.85 bits per heavy atom. The number of nitrogens with zero attached hydrogens (tertiary/aromatic N) is 3. The van der Waals surface area contributed by atoms with Crippen molar-refractivity contribution < 1.29 is 8.42 Å². The Hall–Kier alpha value is -0.520. The van der Waals surface area contributed by atoms with Crippen LogP contribution in [-0.2, 0) is 16.6 Å². The van der Waals surface area contributed by atoms with Gasteiger partial charge in [0.1, 0.15) is 0 Å². The van der Waals surface area contributed by atoms with Crippen LogP contribution in [0.5, 0.6) is 0 Å². The monoisotopic (exact) mass is 514 g/mol. The van der Waals surface area contributed by atoms with E-state index < -0.39 is 10.0 Å². The van der Waals surface area contributed by atoms with Gasteiger partial charge in [-0.3, -0.25) is 4.99 Å². The molecule has 1 aromatic rings. The standard InChI is InChI=1S/C17H30N4O2S2.HI/c1-6-25(22,23)21(4)13-7-12-19-17(18-2)20(3)14-15-8-10-16(24-5)11-9-15;/h8-11H,6-7,12-14H2,1-5H3,(H,18,19);1H. The van der Waals surface area contributed by atoms with Crippen LogP contribution in [0.4, 0.5) is 0 Å². The number of hydrogen-bond acceptors (Lipinski definition) is 4. The molecule has 0 atom stereocenters. The third kappa shape index (κ3) is 8.45. The fraction of sp³-hybridized carbons (Fsp3) is 0.588. The lowest BCUT2D eigenvalue weighted by atomic mass is 10.2. The fourth-order valence-electron chi connectivity index (χ4n) is 2.33. The van der Waals surface area contributed by atoms with E-state index in [-0.39, 0.29) is 29.7 Å². The van der Waals surface area contributed by atoms with E-state index in [9.17, 15) is 8.42 Å². The molecule has 0 unspecified atom stereocenters. The quantitative estimate of drug-likeness (QED) is 0.181. The smallest absolute Gasteiger partial charge is 0.213 e. The highest BCUT2D eigenvalue weighted by atomic mass is 127. The molecule has 0 aromatic heterocycles. The topological polar surface area (TPSA) is 65.0 Å². The van der Waals surface area contributed by atoms with Crippen LogP contribution in [0.15, 0.2) is 34.2 Å². The molecule has 150 valence electrons. The van der Waals surface area contributed by atoms with Gasteiger partial charge in [0, 0.05) is 45.7 Å². The van der Waals surface area contributed by atoms with E-state index in [4.69, 9.17) is 0 Å². The van der Waals surface area contributed by atoms with Gasteiger partial charge in [0.15, 0.2) is 5.96 Å². The summed E-state index contributed by atoms with van der Waals surface area (Å²) >= 11 is 1.73. The number of aliphatic imine (C=N–C) groups is 1. The van der Waals surface area contributed by atoms with Crippen LogP contribution in [0, 0.1) is 0 Å². The Morgan fingerprint density at radius 3 is 2.35 bits per heavy atom. The molecule has 0 amide bonds. The fourth-order valence-corrected chi connectivity index (χ4v) is 3.58. The molecule has 1 N–H and O–H groups in total. The molecular weight excluding hydrogens is 483 g/mol. The first-order chi connectivity index (χ1) is 11.8. The van der Waals surface area contributed by atoms with E-state index in [1.165, 1.54) is 14.8 Å². The lowest BCUT2D eigenvalue weighted by molar-refractivity contribution is 0.450. The first kappa shape index (κ1) is 25.5. The van der Waals surface area contributed by atoms with Crippen molar-refractivity contribution in [3.05, 3.63) is 29.8 Å². The second-order valence-corrected chi connectivity index (χ2v) is 9.00. The predicted molar refractivity (Wildman–Crippen MR) is 123 cm³/mol. The van der Waals surface area contributed by atoms with E-state index >= 15 is 0 Å². The molecule has 0 bridgehead atoms. The normalized spacial score (nSPS) is 12.0. The molecule has 0 spiro atoms. The molecule has 0 saturated heterocycles. The molecule has 6 nitrogen and oxygen atoms in total. The Labute approximate surface area is 179 Å². The number of guanidine groups is 1. The maximum Gasteiger partial charge on any atom is 0.213 e. The van der Waals surface area contributed by atoms with Crippen molar-refractivity contribution in [2.75, 3.05) is 46.2 Å². The Balaban J connectivity index is 0.00000625. The molecule has 0 aliphatic heterocycles. The van der Waals surface area contributed by atoms with E-state index in [1.54, 1.807) is 32.8 Å². The van der Waals surface area contributed by atoms with E-state index in [0.29, 0.717) is 13.1 Å². The Kier molecular flexibility index (Phi) is 12.5. The van der Waals surface area contributed by atoms with Gasteiger partial charge in [-0.1, -0.05) is 12.1 Å². The van der Waals surface area contributed by atoms with Crippen molar-refractivity contribution in [1.82, 2.24) is 14.5 Å². The molecular formula is C17H31IN4O2S2. The summed E-state index contributed by atoms with van der Waals surface area (Å²) in [4.78, 5) is 7.60. The molecule has 26 heavy (non-hydrogen) atoms. The van der Waals surface area contributed by atoms with Gasteiger partial charge in [-0.15, -0.1) is 35.7 Å². The highest BCUT2D eigenvalue weighted by Gasteiger charge is 2.14. The predicted octanol–water partition coefficient (Wildman–Crippen LogP) is 2.71. The highest BCUT2D eigenvalue weighted by molar-refractivity contribution is 14.0. The van der Waals surface area contributed by atoms with Crippen molar-refractivity contribution in [2.24, 2.45) is 4.99 Å². The zero-order chi connectivity index (χ0) is 18.9. The zero-order valence-corrected chi connectivity index (χ0v) is 20.2. The number of sulfonamides is 1. The van der Waals surface area contributed by atoms with Crippen LogP contribution in [0.25, 0.3) is 0 Å². The molecule has 9 heteroatoms. The lowest BCUT2D eigenvalue weighted by Gasteiger charge is -2.23. The number of benzene rings is 1. The minimum Gasteiger partial charge on any atom is -0.356 e. The largest absolute Gasteiger partial charge is 0.356 e. The van der Waals surface area contributed by atoms with Crippen LogP contribution in [0.3, 0.4) is 0 Å². The second kappa shape index (κ2) is 12.8. The first-order valence-corrected chi connectivity index (χ1v) is 11.2. The van der Waals surface area contributed by atoms with Gasteiger partial charge >= 0.3 is 0 Å². The maximum atomic E-state index is 11.7. The van der Waals surface area contributed by atoms with Crippen molar-refractivity contribution in [1.29, 1.82) is 0 Å². The van der Waals surface area contributed by atoms with Crippen molar-refractivity contribution >= 4 is 51.7 Å². The second-order valence-electron chi connectivity index (χ2n) is 5.75. The summed E-state index contributed by atoms with van der Waals surface area (Å²) < 4.78 is 24.8. The number of rotatable bonds is 9. The number of hydrogen-bond donors (Lipinski definition) is 1. The van der Waals surface area contributed by atoms with Crippen molar-refractivity contribution in [2.45, 2.75) is 24.8 Å². The van der Waals surface area contributed by atoms with Gasteiger partial charge in [0.25, 0.3) is 0 Å². The summed E-state index contributed by atoms with van der Waals surface area (Å²) in [6, 6.07) is 8.49. The number of thioether (sulfide) groups is 1. The highest BCUT2D eigenvalue weighted by Crippen LogP contribution is 2.15. The third-order valence-corrected chi connectivity index (χ3v) is 6.53. The van der Waals surface area contributed by atoms with Gasteiger partial charge in [-0.05, 0) is 37.3 Å². The molecule has 0 aliphatic carbocycles. The van der Waals surface area contributed by atoms with Crippen LogP contribution in [-0.4, -0.2) is 69.8 Å². The number of halogens is 1. The Morgan fingerprint density at radius 1 is 1.23 bits per heavy atom. The Bertz CT molecular complexity index is 651. The zero-order valence-electron chi connectivity index (χ0n) is 16.2. The van der Waals surface area contributed by atoms with Gasteiger partial charge < -0.3 is 10.2 Å². The summed E-state index contributed by atoms with van der Waals surface area (Å²) in [6.07, 6.45) is 2.79. The van der Waals surface area contributed by atoms with E-state index in [1.807, 2.05) is 7.05 Å². The summed E-state index contributed by atoms with van der Waals surface area (Å²) in [5.41, 5.74) is 1.22. The molecule has 0 heterocycles. The van der Waals surface area contributed by atoms with Crippen LogP contribution < -0.4 is 5.32 Å². The maximum absolute atomic E-state index is 11.7. The van der Waals surface area contributed by atoms with Gasteiger partial charge in [0.2, 0.25) is 10.0 Å². The van der Waals surface area contributed by atoms with Crippen LogP contribution >= 0.6 is 35.7 Å². The van der Waals surface area contributed by atoms with Gasteiger partial charge in [-0.25, -0.2) is 12.7 Å². The summed E-state index contributed by atoms with van der Waals surface area (Å²) in [6.45, 7) is 3.59. The van der Waals surface area contributed by atoms with Gasteiger partial charge in [-0.2, -0.15) is 0 Å². The average molecular weight is 514 g/mol. The molecule has 0 aliphatic rings. The van der Waals surface area contributed by atoms with Crippen molar-refractivity contribution in [3.63, 3.8) is 0 Å². The minimum atomic E-state index is -3.10. The average Bonchev–Trinajstić information content (AvgIpc) is 2.61. The molecule has 0 saturated carbocycles.